The maximum Gasteiger partial charge on any atom is 0.321 e. The van der Waals surface area contributed by atoms with Gasteiger partial charge in [-0.05, 0) is 55.2 Å². The summed E-state index contributed by atoms with van der Waals surface area (Å²) in [6, 6.07) is 4.08. The third-order valence-corrected chi connectivity index (χ3v) is 5.58. The van der Waals surface area contributed by atoms with Gasteiger partial charge in [-0.3, -0.25) is 4.90 Å². The number of halogens is 2. The molecule has 2 saturated carbocycles. The van der Waals surface area contributed by atoms with Gasteiger partial charge in [0.15, 0.2) is 0 Å². The van der Waals surface area contributed by atoms with Gasteiger partial charge in [0.2, 0.25) is 0 Å². The fourth-order valence-electron chi connectivity index (χ4n) is 4.25. The summed E-state index contributed by atoms with van der Waals surface area (Å²) in [6.07, 6.45) is 7.87. The molecule has 2 aliphatic rings. The Morgan fingerprint density at radius 1 is 1.30 bits per heavy atom. The van der Waals surface area contributed by atoms with Crippen LogP contribution in [0.4, 0.5) is 14.9 Å². The molecule has 0 aromatic heterocycles. The highest BCUT2D eigenvalue weighted by Gasteiger charge is 2.31. The minimum Gasteiger partial charge on any atom is -0.337 e. The van der Waals surface area contributed by atoms with Gasteiger partial charge in [0.25, 0.3) is 0 Å². The highest BCUT2D eigenvalue weighted by molar-refractivity contribution is 6.30. The Hall–Kier alpha value is -1.29. The summed E-state index contributed by atoms with van der Waals surface area (Å²) in [6.45, 7) is 0.686. The Labute approximate surface area is 142 Å². The molecule has 2 bridgehead atoms. The van der Waals surface area contributed by atoms with Crippen molar-refractivity contribution in [1.29, 1.82) is 0 Å². The first-order valence-corrected chi connectivity index (χ1v) is 8.87. The second-order valence-electron chi connectivity index (χ2n) is 7.08. The van der Waals surface area contributed by atoms with Crippen LogP contribution in [0.2, 0.25) is 5.02 Å². The third kappa shape index (κ3) is 3.97. The lowest BCUT2D eigenvalue weighted by Crippen LogP contribution is -2.41. The molecule has 1 N–H and O–H groups in total. The van der Waals surface area contributed by atoms with Crippen LogP contribution in [-0.4, -0.2) is 19.6 Å². The van der Waals surface area contributed by atoms with E-state index in [1.54, 1.807) is 13.1 Å². The van der Waals surface area contributed by atoms with Crippen LogP contribution in [0.3, 0.4) is 0 Å². The Balaban J connectivity index is 1.54. The third-order valence-electron chi connectivity index (χ3n) is 5.34. The smallest absolute Gasteiger partial charge is 0.321 e. The maximum atomic E-state index is 13.9. The van der Waals surface area contributed by atoms with Gasteiger partial charge in [0.05, 0.1) is 5.69 Å². The number of nitrogens with zero attached hydrogens (tertiary/aromatic N) is 1. The normalized spacial score (nSPS) is 26.7. The standard InChI is InChI=1S/C18H24ClFN2O/c1-22(17-6-5-15(19)10-16(17)20)18(23)21-11-14-8-12-3-2-4-13(7-12)9-14/h5-6,10,12-14H,2-4,7-9,11H2,1H3,(H,21,23). The van der Waals surface area contributed by atoms with Crippen molar-refractivity contribution in [3.05, 3.63) is 29.0 Å². The molecule has 3 nitrogen and oxygen atoms in total. The van der Waals surface area contributed by atoms with E-state index in [-0.39, 0.29) is 11.7 Å². The number of benzene rings is 1. The summed E-state index contributed by atoms with van der Waals surface area (Å²) in [5.74, 6) is 1.76. The van der Waals surface area contributed by atoms with E-state index >= 15 is 0 Å². The molecular formula is C18H24ClFN2O. The first-order valence-electron chi connectivity index (χ1n) is 8.49. The lowest BCUT2D eigenvalue weighted by atomic mass is 9.68. The second kappa shape index (κ2) is 7.08. The summed E-state index contributed by atoms with van der Waals surface area (Å²) in [7, 11) is 1.58. The van der Waals surface area contributed by atoms with E-state index in [0.29, 0.717) is 17.5 Å². The molecule has 0 heterocycles. The van der Waals surface area contributed by atoms with E-state index in [9.17, 15) is 9.18 Å². The molecule has 2 unspecified atom stereocenters. The Morgan fingerprint density at radius 2 is 2.00 bits per heavy atom. The fraction of sp³-hybridized carbons (Fsp3) is 0.611. The van der Waals surface area contributed by atoms with Crippen LogP contribution in [0, 0.1) is 23.6 Å². The number of hydrogen-bond acceptors (Lipinski definition) is 1. The van der Waals surface area contributed by atoms with Crippen LogP contribution in [-0.2, 0) is 0 Å². The zero-order valence-electron chi connectivity index (χ0n) is 13.5. The predicted molar refractivity (Wildman–Crippen MR) is 91.4 cm³/mol. The molecule has 23 heavy (non-hydrogen) atoms. The lowest BCUT2D eigenvalue weighted by molar-refractivity contribution is 0.137. The van der Waals surface area contributed by atoms with Gasteiger partial charge < -0.3 is 5.32 Å². The Bertz CT molecular complexity index is 568. The first kappa shape index (κ1) is 16.6. The number of carbonyl (C=O) groups excluding carboxylic acids is 1. The van der Waals surface area contributed by atoms with Crippen molar-refractivity contribution in [1.82, 2.24) is 5.32 Å². The molecule has 0 saturated heterocycles. The summed E-state index contributed by atoms with van der Waals surface area (Å²) in [5, 5.41) is 3.30. The van der Waals surface area contributed by atoms with Crippen LogP contribution in [0.15, 0.2) is 18.2 Å². The lowest BCUT2D eigenvalue weighted by Gasteiger charge is -2.39. The largest absolute Gasteiger partial charge is 0.337 e. The highest BCUT2D eigenvalue weighted by Crippen LogP contribution is 2.42. The SMILES string of the molecule is CN(C(=O)NCC1CC2CCCC(C2)C1)c1ccc(Cl)cc1F. The molecule has 0 aliphatic heterocycles. The van der Waals surface area contributed by atoms with E-state index < -0.39 is 5.82 Å². The van der Waals surface area contributed by atoms with Crippen molar-refractivity contribution in [2.75, 3.05) is 18.5 Å². The van der Waals surface area contributed by atoms with Gasteiger partial charge in [-0.15, -0.1) is 0 Å². The molecule has 1 aromatic rings. The minimum absolute atomic E-state index is 0.243. The van der Waals surface area contributed by atoms with Crippen LogP contribution < -0.4 is 10.2 Å². The summed E-state index contributed by atoms with van der Waals surface area (Å²) >= 11 is 5.75. The van der Waals surface area contributed by atoms with Gasteiger partial charge in [0, 0.05) is 18.6 Å². The molecule has 0 radical (unpaired) electrons. The average molecular weight is 339 g/mol. The molecule has 3 rings (SSSR count). The molecule has 2 atom stereocenters. The molecule has 0 spiro atoms. The second-order valence-corrected chi connectivity index (χ2v) is 7.51. The van der Waals surface area contributed by atoms with Gasteiger partial charge in [-0.2, -0.15) is 0 Å². The molecular weight excluding hydrogens is 315 g/mol. The van der Waals surface area contributed by atoms with Crippen LogP contribution in [0.1, 0.15) is 38.5 Å². The number of amides is 2. The molecule has 126 valence electrons. The number of carbonyl (C=O) groups is 1. The van der Waals surface area contributed by atoms with Crippen molar-refractivity contribution < 1.29 is 9.18 Å². The first-order chi connectivity index (χ1) is 11.0. The summed E-state index contributed by atoms with van der Waals surface area (Å²) in [5.41, 5.74) is 0.243. The van der Waals surface area contributed by atoms with Crippen molar-refractivity contribution in [3.63, 3.8) is 0 Å². The van der Waals surface area contributed by atoms with Gasteiger partial charge in [0.1, 0.15) is 5.82 Å². The highest BCUT2D eigenvalue weighted by atomic mass is 35.5. The molecule has 2 fully saturated rings. The van der Waals surface area contributed by atoms with Crippen LogP contribution >= 0.6 is 11.6 Å². The van der Waals surface area contributed by atoms with E-state index in [1.165, 1.54) is 55.6 Å². The molecule has 2 aliphatic carbocycles. The number of rotatable bonds is 3. The number of nitrogens with one attached hydrogen (secondary N) is 1. The number of fused-ring (bicyclic) bond motifs is 2. The van der Waals surface area contributed by atoms with Gasteiger partial charge >= 0.3 is 6.03 Å². The van der Waals surface area contributed by atoms with Crippen molar-refractivity contribution in [2.24, 2.45) is 17.8 Å². The number of urea groups is 1. The summed E-state index contributed by atoms with van der Waals surface area (Å²) < 4.78 is 13.9. The van der Waals surface area contributed by atoms with Gasteiger partial charge in [-0.25, -0.2) is 9.18 Å². The van der Waals surface area contributed by atoms with E-state index in [2.05, 4.69) is 5.32 Å². The van der Waals surface area contributed by atoms with Crippen molar-refractivity contribution in [2.45, 2.75) is 38.5 Å². The number of hydrogen-bond donors (Lipinski definition) is 1. The van der Waals surface area contributed by atoms with Crippen molar-refractivity contribution in [3.8, 4) is 0 Å². The Morgan fingerprint density at radius 3 is 2.65 bits per heavy atom. The zero-order valence-corrected chi connectivity index (χ0v) is 14.3. The zero-order chi connectivity index (χ0) is 16.4. The number of anilines is 1. The van der Waals surface area contributed by atoms with E-state index in [4.69, 9.17) is 11.6 Å². The van der Waals surface area contributed by atoms with Gasteiger partial charge in [-0.1, -0.05) is 30.9 Å². The van der Waals surface area contributed by atoms with E-state index in [1.807, 2.05) is 0 Å². The summed E-state index contributed by atoms with van der Waals surface area (Å²) in [4.78, 5) is 13.6. The predicted octanol–water partition coefficient (Wildman–Crippen LogP) is 4.84. The maximum absolute atomic E-state index is 13.9. The van der Waals surface area contributed by atoms with Crippen LogP contribution in [0.25, 0.3) is 0 Å². The van der Waals surface area contributed by atoms with E-state index in [0.717, 1.165) is 11.8 Å². The van der Waals surface area contributed by atoms with Crippen molar-refractivity contribution >= 4 is 23.3 Å². The fourth-order valence-corrected chi connectivity index (χ4v) is 4.41. The average Bonchev–Trinajstić information content (AvgIpc) is 2.51. The molecule has 5 heteroatoms. The molecule has 1 aromatic carbocycles. The van der Waals surface area contributed by atoms with Crippen LogP contribution in [0.5, 0.6) is 0 Å². The monoisotopic (exact) mass is 338 g/mol. The minimum atomic E-state index is -0.484. The Kier molecular flexibility index (Phi) is 5.10. The topological polar surface area (TPSA) is 32.3 Å². The quantitative estimate of drug-likeness (QED) is 0.840. The molecule has 2 amide bonds.